The molecule has 11 heteroatoms. The molecule has 1 aromatic carbocycles. The van der Waals surface area contributed by atoms with Gasteiger partial charge in [-0.1, -0.05) is 21.1 Å². The zero-order valence-electron chi connectivity index (χ0n) is 13.2. The summed E-state index contributed by atoms with van der Waals surface area (Å²) in [7, 11) is 0. The maximum absolute atomic E-state index is 13.6. The molecule has 0 aliphatic rings. The molecule has 0 atom stereocenters. The van der Waals surface area contributed by atoms with E-state index in [1.165, 1.54) is 19.1 Å². The maximum atomic E-state index is 13.6. The zero-order chi connectivity index (χ0) is 19.0. The first-order valence-electron chi connectivity index (χ1n) is 6.80. The van der Waals surface area contributed by atoms with Gasteiger partial charge in [-0.15, -0.1) is 0 Å². The summed E-state index contributed by atoms with van der Waals surface area (Å²) < 4.78 is 18.7. The molecule has 0 unspecified atom stereocenters. The molecule has 1 aromatic rings. The highest BCUT2D eigenvalue weighted by atomic mass is 79.9. The Morgan fingerprint density at radius 2 is 2.00 bits per heavy atom. The van der Waals surface area contributed by atoms with Crippen LogP contribution >= 0.6 is 15.9 Å². The van der Waals surface area contributed by atoms with Gasteiger partial charge in [0.05, 0.1) is 18.0 Å². The van der Waals surface area contributed by atoms with Crippen LogP contribution in [0, 0.1) is 5.82 Å². The summed E-state index contributed by atoms with van der Waals surface area (Å²) in [5, 5.41) is 17.0. The van der Waals surface area contributed by atoms with Crippen molar-refractivity contribution < 1.29 is 28.7 Å². The van der Waals surface area contributed by atoms with Gasteiger partial charge >= 0.3 is 17.8 Å². The molecule has 0 saturated carbocycles. The van der Waals surface area contributed by atoms with Gasteiger partial charge in [-0.2, -0.15) is 5.10 Å². The number of hydrogen-bond acceptors (Lipinski definition) is 7. The van der Waals surface area contributed by atoms with E-state index in [2.05, 4.69) is 36.2 Å². The van der Waals surface area contributed by atoms with E-state index in [-0.39, 0.29) is 18.0 Å². The number of nitrogens with zero attached hydrogens (tertiary/aromatic N) is 2. The van der Waals surface area contributed by atoms with Crippen LogP contribution in [-0.2, 0) is 19.1 Å². The minimum Gasteiger partial charge on any atom is -0.461 e. The molecule has 0 aliphatic heterocycles. The van der Waals surface area contributed by atoms with Gasteiger partial charge in [0.25, 0.3) is 0 Å². The molecule has 0 radical (unpaired) electrons. The SMILES string of the molecule is CCOC(=O)C(=NO)C(C)=NNC(=O)C(=O)Nc1ccc(Br)cc1F. The molecule has 0 spiro atoms. The summed E-state index contributed by atoms with van der Waals surface area (Å²) in [6, 6.07) is 3.85. The average molecular weight is 417 g/mol. The van der Waals surface area contributed by atoms with Gasteiger partial charge in [-0.25, -0.2) is 14.6 Å². The van der Waals surface area contributed by atoms with Crippen LogP contribution in [0.15, 0.2) is 32.9 Å². The van der Waals surface area contributed by atoms with Crippen molar-refractivity contribution in [2.24, 2.45) is 10.3 Å². The van der Waals surface area contributed by atoms with Crippen LogP contribution in [-0.4, -0.2) is 41.0 Å². The minimum absolute atomic E-state index is 0.0403. The van der Waals surface area contributed by atoms with Gasteiger partial charge in [-0.3, -0.25) is 9.59 Å². The number of esters is 1. The summed E-state index contributed by atoms with van der Waals surface area (Å²) in [4.78, 5) is 34.8. The van der Waals surface area contributed by atoms with E-state index in [0.717, 1.165) is 6.07 Å². The second kappa shape index (κ2) is 9.47. The van der Waals surface area contributed by atoms with Crippen LogP contribution in [0.2, 0.25) is 0 Å². The van der Waals surface area contributed by atoms with E-state index >= 15 is 0 Å². The summed E-state index contributed by atoms with van der Waals surface area (Å²) in [5.41, 5.74) is 0.912. The third-order valence-corrected chi connectivity index (χ3v) is 3.12. The van der Waals surface area contributed by atoms with Crippen molar-refractivity contribution in [2.75, 3.05) is 11.9 Å². The minimum atomic E-state index is -1.22. The summed E-state index contributed by atoms with van der Waals surface area (Å²) in [6.07, 6.45) is 0. The second-order valence-electron chi connectivity index (χ2n) is 4.39. The van der Waals surface area contributed by atoms with Crippen LogP contribution < -0.4 is 10.7 Å². The van der Waals surface area contributed by atoms with Gasteiger partial charge in [-0.05, 0) is 32.0 Å². The summed E-state index contributed by atoms with van der Waals surface area (Å²) in [6.45, 7) is 2.84. The van der Waals surface area contributed by atoms with Gasteiger partial charge < -0.3 is 15.3 Å². The molecule has 134 valence electrons. The predicted molar refractivity (Wildman–Crippen MR) is 89.8 cm³/mol. The quantitative estimate of drug-likeness (QED) is 0.219. The third-order valence-electron chi connectivity index (χ3n) is 2.62. The second-order valence-corrected chi connectivity index (χ2v) is 5.30. The number of carbonyl (C=O) groups excluding carboxylic acids is 3. The van der Waals surface area contributed by atoms with Crippen LogP contribution in [0.3, 0.4) is 0 Å². The molecule has 0 aromatic heterocycles. The Morgan fingerprint density at radius 1 is 1.32 bits per heavy atom. The van der Waals surface area contributed by atoms with E-state index < -0.39 is 29.3 Å². The monoisotopic (exact) mass is 416 g/mol. The third kappa shape index (κ3) is 5.95. The number of nitrogens with one attached hydrogen (secondary N) is 2. The molecule has 0 aliphatic carbocycles. The van der Waals surface area contributed by atoms with Crippen molar-refractivity contribution in [3.8, 4) is 0 Å². The molecule has 3 N–H and O–H groups in total. The van der Waals surface area contributed by atoms with Crippen molar-refractivity contribution in [3.63, 3.8) is 0 Å². The molecule has 0 saturated heterocycles. The fraction of sp³-hybridized carbons (Fsp3) is 0.214. The Morgan fingerprint density at radius 3 is 2.56 bits per heavy atom. The average Bonchev–Trinajstić information content (AvgIpc) is 2.56. The Balaban J connectivity index is 2.74. The van der Waals surface area contributed by atoms with Crippen LogP contribution in [0.1, 0.15) is 13.8 Å². The summed E-state index contributed by atoms with van der Waals surface area (Å²) in [5.74, 6) is -4.10. The number of amides is 2. The molecule has 25 heavy (non-hydrogen) atoms. The smallest absolute Gasteiger partial charge is 0.362 e. The lowest BCUT2D eigenvalue weighted by Crippen LogP contribution is -2.34. The first-order chi connectivity index (χ1) is 11.8. The van der Waals surface area contributed by atoms with E-state index in [4.69, 9.17) is 5.21 Å². The molecule has 1 rings (SSSR count). The molecular formula is C14H14BrFN4O5. The van der Waals surface area contributed by atoms with Gasteiger partial charge in [0.15, 0.2) is 0 Å². The van der Waals surface area contributed by atoms with Crippen molar-refractivity contribution in [1.82, 2.24) is 5.43 Å². The highest BCUT2D eigenvalue weighted by Crippen LogP contribution is 2.19. The standard InChI is InChI=1S/C14H14BrFN4O5/c1-3-25-14(23)11(20-24)7(2)18-19-13(22)12(21)17-10-5-4-8(15)6-9(10)16/h4-6,24H,3H2,1-2H3,(H,17,21)(H,19,22). The van der Waals surface area contributed by atoms with E-state index in [1.54, 1.807) is 6.92 Å². The molecule has 0 bridgehead atoms. The number of hydrogen-bond donors (Lipinski definition) is 3. The van der Waals surface area contributed by atoms with Crippen molar-refractivity contribution >= 4 is 50.8 Å². The number of rotatable bonds is 5. The first kappa shape index (κ1) is 20.2. The Labute approximate surface area is 150 Å². The van der Waals surface area contributed by atoms with E-state index in [0.29, 0.717) is 4.47 Å². The molecular weight excluding hydrogens is 403 g/mol. The predicted octanol–water partition coefficient (Wildman–Crippen LogP) is 1.41. The van der Waals surface area contributed by atoms with Crippen LogP contribution in [0.4, 0.5) is 10.1 Å². The van der Waals surface area contributed by atoms with Crippen LogP contribution in [0.25, 0.3) is 0 Å². The number of oxime groups is 1. The first-order valence-corrected chi connectivity index (χ1v) is 7.59. The lowest BCUT2D eigenvalue weighted by atomic mass is 10.2. The molecule has 0 fully saturated rings. The topological polar surface area (TPSA) is 129 Å². The largest absolute Gasteiger partial charge is 0.461 e. The lowest BCUT2D eigenvalue weighted by Gasteiger charge is -2.06. The zero-order valence-corrected chi connectivity index (χ0v) is 14.8. The Kier molecular flexibility index (Phi) is 7.66. The Bertz CT molecular complexity index is 751. The highest BCUT2D eigenvalue weighted by Gasteiger charge is 2.19. The van der Waals surface area contributed by atoms with Crippen molar-refractivity contribution in [2.45, 2.75) is 13.8 Å². The number of carbonyl (C=O) groups is 3. The normalized spacial score (nSPS) is 11.7. The van der Waals surface area contributed by atoms with E-state index in [9.17, 15) is 18.8 Å². The van der Waals surface area contributed by atoms with E-state index in [1.807, 2.05) is 5.43 Å². The number of hydrazone groups is 1. The molecule has 2 amide bonds. The number of halogens is 2. The molecule has 9 nitrogen and oxygen atoms in total. The number of anilines is 1. The Hall–Kier alpha value is -2.82. The highest BCUT2D eigenvalue weighted by molar-refractivity contribution is 9.10. The van der Waals surface area contributed by atoms with Crippen molar-refractivity contribution in [1.29, 1.82) is 0 Å². The van der Waals surface area contributed by atoms with Crippen LogP contribution in [0.5, 0.6) is 0 Å². The number of benzene rings is 1. The van der Waals surface area contributed by atoms with Crippen molar-refractivity contribution in [3.05, 3.63) is 28.5 Å². The van der Waals surface area contributed by atoms with Gasteiger partial charge in [0.1, 0.15) is 5.82 Å². The fourth-order valence-corrected chi connectivity index (χ4v) is 1.80. The number of ether oxygens (including phenoxy) is 1. The van der Waals surface area contributed by atoms with Gasteiger partial charge in [0, 0.05) is 4.47 Å². The summed E-state index contributed by atoms with van der Waals surface area (Å²) >= 11 is 3.06. The maximum Gasteiger partial charge on any atom is 0.362 e. The van der Waals surface area contributed by atoms with Gasteiger partial charge in [0.2, 0.25) is 5.71 Å². The molecule has 0 heterocycles. The lowest BCUT2D eigenvalue weighted by molar-refractivity contribution is -0.136. The fourth-order valence-electron chi connectivity index (χ4n) is 1.47.